The van der Waals surface area contributed by atoms with Crippen LogP contribution in [0.25, 0.3) is 0 Å². The first-order valence-corrected chi connectivity index (χ1v) is 8.54. The molecule has 0 saturated carbocycles. The average Bonchev–Trinajstić information content (AvgIpc) is 2.46. The van der Waals surface area contributed by atoms with Crippen molar-refractivity contribution in [2.45, 2.75) is 32.7 Å². The maximum Gasteiger partial charge on any atom is 0.326 e. The van der Waals surface area contributed by atoms with Crippen LogP contribution in [0.15, 0.2) is 24.3 Å². The van der Waals surface area contributed by atoms with Gasteiger partial charge < -0.3 is 15.7 Å². The minimum absolute atomic E-state index is 0.0503. The van der Waals surface area contributed by atoms with Crippen LogP contribution < -0.4 is 10.6 Å². The van der Waals surface area contributed by atoms with Gasteiger partial charge in [-0.3, -0.25) is 9.59 Å². The van der Waals surface area contributed by atoms with E-state index in [0.29, 0.717) is 18.5 Å². The van der Waals surface area contributed by atoms with Gasteiger partial charge in [0, 0.05) is 5.69 Å². The second kappa shape index (κ2) is 9.89. The first-order valence-electron chi connectivity index (χ1n) is 7.38. The first-order chi connectivity index (χ1) is 10.9. The summed E-state index contributed by atoms with van der Waals surface area (Å²) in [5, 5.41) is 14.2. The van der Waals surface area contributed by atoms with Gasteiger partial charge in [0.15, 0.2) is 0 Å². The van der Waals surface area contributed by atoms with Crippen molar-refractivity contribution in [2.24, 2.45) is 0 Å². The van der Waals surface area contributed by atoms with Crippen molar-refractivity contribution < 1.29 is 19.5 Å². The smallest absolute Gasteiger partial charge is 0.326 e. The molecule has 1 aromatic rings. The van der Waals surface area contributed by atoms with Crippen molar-refractivity contribution in [2.75, 3.05) is 16.8 Å². The average molecular weight is 338 g/mol. The summed E-state index contributed by atoms with van der Waals surface area (Å²) in [6, 6.07) is 6.58. The number of rotatable bonds is 9. The van der Waals surface area contributed by atoms with E-state index in [4.69, 9.17) is 5.11 Å². The second-order valence-electron chi connectivity index (χ2n) is 5.16. The fourth-order valence-electron chi connectivity index (χ4n) is 1.94. The number of hydrogen-bond acceptors (Lipinski definition) is 4. The Morgan fingerprint density at radius 1 is 1.22 bits per heavy atom. The van der Waals surface area contributed by atoms with Crippen molar-refractivity contribution in [1.29, 1.82) is 0 Å². The molecule has 1 aromatic carbocycles. The third-order valence-corrected chi connectivity index (χ3v) is 3.91. The summed E-state index contributed by atoms with van der Waals surface area (Å²) in [7, 11) is 0. The van der Waals surface area contributed by atoms with E-state index in [-0.39, 0.29) is 23.3 Å². The predicted octanol–water partition coefficient (Wildman–Crippen LogP) is 2.04. The molecule has 0 aliphatic carbocycles. The molecular formula is C16H22N2O4S. The number of hydrogen-bond donors (Lipinski definition) is 3. The molecule has 1 unspecified atom stereocenters. The van der Waals surface area contributed by atoms with Gasteiger partial charge in [0.1, 0.15) is 6.04 Å². The summed E-state index contributed by atoms with van der Waals surface area (Å²) in [6.07, 6.45) is 1.06. The molecular weight excluding hydrogens is 316 g/mol. The van der Waals surface area contributed by atoms with Gasteiger partial charge in [-0.1, -0.05) is 25.5 Å². The molecule has 1 rings (SSSR count). The van der Waals surface area contributed by atoms with Crippen LogP contribution in [-0.4, -0.2) is 40.4 Å². The number of thioether (sulfide) groups is 1. The Kier molecular flexibility index (Phi) is 8.18. The third-order valence-electron chi connectivity index (χ3n) is 2.98. The Morgan fingerprint density at radius 2 is 1.91 bits per heavy atom. The lowest BCUT2D eigenvalue weighted by Gasteiger charge is -2.13. The van der Waals surface area contributed by atoms with Crippen LogP contribution >= 0.6 is 11.8 Å². The standard InChI is InChI=1S/C16H22N2O4S/c1-3-5-13(16(21)22)18-15(20)10-23-9-14(19)17-12-7-4-6-11(2)8-12/h4,6-8,13H,3,5,9-10H2,1-2H3,(H,17,19)(H,18,20)(H,21,22). The van der Waals surface area contributed by atoms with E-state index in [2.05, 4.69) is 10.6 Å². The van der Waals surface area contributed by atoms with E-state index in [1.54, 1.807) is 6.07 Å². The Bertz CT molecular complexity index is 563. The highest BCUT2D eigenvalue weighted by molar-refractivity contribution is 8.00. The minimum atomic E-state index is -1.04. The fourth-order valence-corrected chi connectivity index (χ4v) is 2.57. The number of carbonyl (C=O) groups excluding carboxylic acids is 2. The van der Waals surface area contributed by atoms with E-state index in [1.807, 2.05) is 32.0 Å². The van der Waals surface area contributed by atoms with Crippen LogP contribution in [0.2, 0.25) is 0 Å². The highest BCUT2D eigenvalue weighted by atomic mass is 32.2. The summed E-state index contributed by atoms with van der Waals surface area (Å²) in [5.41, 5.74) is 1.76. The zero-order valence-electron chi connectivity index (χ0n) is 13.3. The Balaban J connectivity index is 2.31. The molecule has 0 aliphatic rings. The van der Waals surface area contributed by atoms with E-state index >= 15 is 0 Å². The second-order valence-corrected chi connectivity index (χ2v) is 6.14. The maximum absolute atomic E-state index is 11.8. The molecule has 0 radical (unpaired) electrons. The highest BCUT2D eigenvalue weighted by Gasteiger charge is 2.18. The first kappa shape index (κ1) is 19.0. The topological polar surface area (TPSA) is 95.5 Å². The van der Waals surface area contributed by atoms with Crippen molar-refractivity contribution in [3.63, 3.8) is 0 Å². The van der Waals surface area contributed by atoms with E-state index in [1.165, 1.54) is 0 Å². The van der Waals surface area contributed by atoms with Gasteiger partial charge in [-0.2, -0.15) is 0 Å². The molecule has 2 amide bonds. The molecule has 23 heavy (non-hydrogen) atoms. The van der Waals surface area contributed by atoms with Gasteiger partial charge in [0.2, 0.25) is 11.8 Å². The van der Waals surface area contributed by atoms with Gasteiger partial charge in [-0.25, -0.2) is 4.79 Å². The van der Waals surface area contributed by atoms with Gasteiger partial charge in [-0.15, -0.1) is 11.8 Å². The van der Waals surface area contributed by atoms with Crippen LogP contribution in [0, 0.1) is 6.92 Å². The Labute approximate surface area is 140 Å². The number of anilines is 1. The lowest BCUT2D eigenvalue weighted by Crippen LogP contribution is -2.41. The minimum Gasteiger partial charge on any atom is -0.480 e. The molecule has 7 heteroatoms. The van der Waals surface area contributed by atoms with Gasteiger partial charge in [0.25, 0.3) is 0 Å². The van der Waals surface area contributed by atoms with Crippen LogP contribution in [-0.2, 0) is 14.4 Å². The molecule has 0 aromatic heterocycles. The number of carbonyl (C=O) groups is 3. The lowest BCUT2D eigenvalue weighted by atomic mass is 10.2. The maximum atomic E-state index is 11.8. The number of aliphatic carboxylic acids is 1. The van der Waals surface area contributed by atoms with Gasteiger partial charge in [0.05, 0.1) is 11.5 Å². The normalized spacial score (nSPS) is 11.6. The van der Waals surface area contributed by atoms with Crippen LogP contribution in [0.5, 0.6) is 0 Å². The molecule has 6 nitrogen and oxygen atoms in total. The largest absolute Gasteiger partial charge is 0.480 e. The molecule has 0 fully saturated rings. The number of nitrogens with one attached hydrogen (secondary N) is 2. The summed E-state index contributed by atoms with van der Waals surface area (Å²) in [5.74, 6) is -1.43. The van der Waals surface area contributed by atoms with E-state index < -0.39 is 12.0 Å². The SMILES string of the molecule is CCCC(NC(=O)CSCC(=O)Nc1cccc(C)c1)C(=O)O. The van der Waals surface area contributed by atoms with Crippen molar-refractivity contribution in [3.8, 4) is 0 Å². The van der Waals surface area contributed by atoms with E-state index in [0.717, 1.165) is 17.3 Å². The Morgan fingerprint density at radius 3 is 2.52 bits per heavy atom. The van der Waals surface area contributed by atoms with Crippen LogP contribution in [0.4, 0.5) is 5.69 Å². The summed E-state index contributed by atoms with van der Waals surface area (Å²) < 4.78 is 0. The quantitative estimate of drug-likeness (QED) is 0.640. The number of aryl methyl sites for hydroxylation is 1. The summed E-state index contributed by atoms with van der Waals surface area (Å²) >= 11 is 1.15. The zero-order chi connectivity index (χ0) is 17.2. The molecule has 0 saturated heterocycles. The number of carboxylic acids is 1. The van der Waals surface area contributed by atoms with Crippen LogP contribution in [0.3, 0.4) is 0 Å². The fraction of sp³-hybridized carbons (Fsp3) is 0.438. The molecule has 1 atom stereocenters. The number of benzene rings is 1. The Hall–Kier alpha value is -2.02. The summed E-state index contributed by atoms with van der Waals surface area (Å²) in [6.45, 7) is 3.79. The molecule has 0 heterocycles. The lowest BCUT2D eigenvalue weighted by molar-refractivity contribution is -0.141. The van der Waals surface area contributed by atoms with Crippen molar-refractivity contribution in [1.82, 2.24) is 5.32 Å². The van der Waals surface area contributed by atoms with Crippen LogP contribution in [0.1, 0.15) is 25.3 Å². The predicted molar refractivity (Wildman–Crippen MR) is 91.6 cm³/mol. The highest BCUT2D eigenvalue weighted by Crippen LogP contribution is 2.10. The third kappa shape index (κ3) is 7.69. The number of carboxylic acid groups (broad SMARTS) is 1. The zero-order valence-corrected chi connectivity index (χ0v) is 14.1. The van der Waals surface area contributed by atoms with Crippen molar-refractivity contribution >= 4 is 35.2 Å². The molecule has 3 N–H and O–H groups in total. The monoisotopic (exact) mass is 338 g/mol. The van der Waals surface area contributed by atoms with Gasteiger partial charge in [-0.05, 0) is 31.0 Å². The molecule has 0 spiro atoms. The molecule has 0 bridgehead atoms. The molecule has 0 aliphatic heterocycles. The molecule has 126 valence electrons. The van der Waals surface area contributed by atoms with Gasteiger partial charge >= 0.3 is 5.97 Å². The van der Waals surface area contributed by atoms with Crippen molar-refractivity contribution in [3.05, 3.63) is 29.8 Å². The summed E-state index contributed by atoms with van der Waals surface area (Å²) in [4.78, 5) is 34.4. The van der Waals surface area contributed by atoms with E-state index in [9.17, 15) is 14.4 Å². The number of amides is 2.